The number of benzene rings is 1. The highest BCUT2D eigenvalue weighted by Gasteiger charge is 2.32. The Morgan fingerprint density at radius 3 is 2.26 bits per heavy atom. The van der Waals surface area contributed by atoms with Gasteiger partial charge in [-0.1, -0.05) is 64.4 Å². The molecule has 0 heterocycles. The van der Waals surface area contributed by atoms with E-state index in [1.54, 1.807) is 0 Å². The van der Waals surface area contributed by atoms with Crippen molar-refractivity contribution < 1.29 is 18.8 Å². The van der Waals surface area contributed by atoms with Crippen LogP contribution in [0.15, 0.2) is 42.5 Å². The molecule has 0 aliphatic carbocycles. The van der Waals surface area contributed by atoms with Gasteiger partial charge in [0.15, 0.2) is 0 Å². The first-order valence-electron chi connectivity index (χ1n) is 7.95. The van der Waals surface area contributed by atoms with Crippen LogP contribution in [-0.2, 0) is 18.8 Å². The smallest absolute Gasteiger partial charge is 0.331 e. The summed E-state index contributed by atoms with van der Waals surface area (Å²) in [6.45, 7) is 8.58. The summed E-state index contributed by atoms with van der Waals surface area (Å²) in [5, 5.41) is 0.944. The SMILES string of the molecule is CCCCOC(=O)/C=C\C(=O)O[SiH](c1ccccc1)C(C)(C)C. The third kappa shape index (κ3) is 7.28. The van der Waals surface area contributed by atoms with Crippen molar-refractivity contribution in [3.8, 4) is 0 Å². The van der Waals surface area contributed by atoms with E-state index in [0.717, 1.165) is 30.2 Å². The van der Waals surface area contributed by atoms with E-state index in [1.807, 2.05) is 37.3 Å². The minimum atomic E-state index is -1.98. The summed E-state index contributed by atoms with van der Waals surface area (Å²) in [6, 6.07) is 9.79. The molecule has 1 aromatic rings. The van der Waals surface area contributed by atoms with Crippen molar-refractivity contribution in [3.63, 3.8) is 0 Å². The van der Waals surface area contributed by atoms with Crippen molar-refractivity contribution in [2.75, 3.05) is 6.61 Å². The normalized spacial score (nSPS) is 12.9. The van der Waals surface area contributed by atoms with Crippen molar-refractivity contribution in [2.24, 2.45) is 0 Å². The van der Waals surface area contributed by atoms with Gasteiger partial charge in [-0.25, -0.2) is 9.59 Å². The maximum Gasteiger partial charge on any atom is 0.331 e. The molecule has 0 saturated carbocycles. The largest absolute Gasteiger partial charge is 0.514 e. The summed E-state index contributed by atoms with van der Waals surface area (Å²) in [6.07, 6.45) is 4.06. The highest BCUT2D eigenvalue weighted by Crippen LogP contribution is 2.27. The first kappa shape index (κ1) is 19.2. The second-order valence-electron chi connectivity index (χ2n) is 6.45. The molecule has 0 aliphatic heterocycles. The van der Waals surface area contributed by atoms with Crippen LogP contribution < -0.4 is 5.19 Å². The predicted octanol–water partition coefficient (Wildman–Crippen LogP) is 2.86. The van der Waals surface area contributed by atoms with Crippen molar-refractivity contribution >= 4 is 26.2 Å². The average Bonchev–Trinajstić information content (AvgIpc) is 2.50. The van der Waals surface area contributed by atoms with E-state index in [9.17, 15) is 9.59 Å². The predicted molar refractivity (Wildman–Crippen MR) is 94.0 cm³/mol. The maximum atomic E-state index is 12.0. The topological polar surface area (TPSA) is 52.6 Å². The molecular weight excluding hydrogens is 308 g/mol. The third-order valence-electron chi connectivity index (χ3n) is 3.22. The molecule has 1 rings (SSSR count). The van der Waals surface area contributed by atoms with Crippen LogP contribution in [0, 0.1) is 0 Å². The molecule has 1 atom stereocenters. The van der Waals surface area contributed by atoms with Crippen molar-refractivity contribution in [1.29, 1.82) is 0 Å². The Morgan fingerprint density at radius 2 is 1.70 bits per heavy atom. The van der Waals surface area contributed by atoms with Gasteiger partial charge in [-0.15, -0.1) is 0 Å². The van der Waals surface area contributed by atoms with Crippen molar-refractivity contribution in [3.05, 3.63) is 42.5 Å². The van der Waals surface area contributed by atoms with Crippen molar-refractivity contribution in [1.82, 2.24) is 0 Å². The lowest BCUT2D eigenvalue weighted by Crippen LogP contribution is -2.42. The van der Waals surface area contributed by atoms with E-state index in [1.165, 1.54) is 0 Å². The second-order valence-corrected chi connectivity index (χ2v) is 9.84. The summed E-state index contributed by atoms with van der Waals surface area (Å²) in [5.74, 6) is -1.00. The number of hydrogen-bond donors (Lipinski definition) is 0. The summed E-state index contributed by atoms with van der Waals surface area (Å²) in [5.41, 5.74) is 0. The molecule has 0 fully saturated rings. The molecule has 1 aromatic carbocycles. The number of rotatable bonds is 7. The Kier molecular flexibility index (Phi) is 7.75. The minimum absolute atomic E-state index is 0.119. The Morgan fingerprint density at radius 1 is 1.09 bits per heavy atom. The van der Waals surface area contributed by atoms with Crippen LogP contribution in [0.3, 0.4) is 0 Å². The molecule has 126 valence electrons. The first-order chi connectivity index (χ1) is 10.8. The molecular formula is C18H26O4Si. The molecule has 0 spiro atoms. The summed E-state index contributed by atoms with van der Waals surface area (Å²) in [4.78, 5) is 23.5. The van der Waals surface area contributed by atoms with Crippen LogP contribution in [0.5, 0.6) is 0 Å². The zero-order valence-corrected chi connectivity index (χ0v) is 15.5. The monoisotopic (exact) mass is 334 g/mol. The van der Waals surface area contributed by atoms with Crippen LogP contribution in [0.4, 0.5) is 0 Å². The molecule has 0 radical (unpaired) electrons. The minimum Gasteiger partial charge on any atom is -0.514 e. The fourth-order valence-electron chi connectivity index (χ4n) is 2.03. The van der Waals surface area contributed by atoms with Gasteiger partial charge < -0.3 is 9.16 Å². The van der Waals surface area contributed by atoms with Gasteiger partial charge in [0.25, 0.3) is 9.04 Å². The Hall–Kier alpha value is -1.88. The zero-order chi connectivity index (χ0) is 17.3. The Bertz CT molecular complexity index is 532. The second kappa shape index (κ2) is 9.30. The van der Waals surface area contributed by atoms with E-state index in [4.69, 9.17) is 9.16 Å². The van der Waals surface area contributed by atoms with Gasteiger partial charge in [0.1, 0.15) is 0 Å². The van der Waals surface area contributed by atoms with Crippen LogP contribution >= 0.6 is 0 Å². The number of unbranched alkanes of at least 4 members (excludes halogenated alkanes) is 1. The van der Waals surface area contributed by atoms with Gasteiger partial charge in [-0.2, -0.15) is 0 Å². The van der Waals surface area contributed by atoms with Crippen molar-refractivity contribution in [2.45, 2.75) is 45.6 Å². The lowest BCUT2D eigenvalue weighted by atomic mass is 10.2. The molecule has 23 heavy (non-hydrogen) atoms. The molecule has 0 aromatic heterocycles. The number of esters is 1. The van der Waals surface area contributed by atoms with Crippen LogP contribution in [0.2, 0.25) is 5.04 Å². The fraction of sp³-hybridized carbons (Fsp3) is 0.444. The average molecular weight is 334 g/mol. The number of carbonyl (C=O) groups excluding carboxylic acids is 2. The Balaban J connectivity index is 2.66. The molecule has 0 amide bonds. The molecule has 0 saturated heterocycles. The molecule has 4 nitrogen and oxygen atoms in total. The molecule has 1 unspecified atom stereocenters. The number of hydrogen-bond acceptors (Lipinski definition) is 4. The quantitative estimate of drug-likeness (QED) is 0.333. The van der Waals surface area contributed by atoms with Gasteiger partial charge in [0, 0.05) is 12.2 Å². The van der Waals surface area contributed by atoms with Crippen LogP contribution in [0.1, 0.15) is 40.5 Å². The maximum absolute atomic E-state index is 12.0. The van der Waals surface area contributed by atoms with Gasteiger partial charge >= 0.3 is 11.9 Å². The first-order valence-corrected chi connectivity index (χ1v) is 9.57. The van der Waals surface area contributed by atoms with E-state index in [-0.39, 0.29) is 5.04 Å². The molecule has 0 N–H and O–H groups in total. The van der Waals surface area contributed by atoms with Gasteiger partial charge in [0.2, 0.25) is 0 Å². The summed E-state index contributed by atoms with van der Waals surface area (Å²) >= 11 is 0. The lowest BCUT2D eigenvalue weighted by Gasteiger charge is -2.28. The highest BCUT2D eigenvalue weighted by molar-refractivity contribution is 6.71. The van der Waals surface area contributed by atoms with E-state index >= 15 is 0 Å². The standard InChI is InChI=1S/C18H26O4Si/c1-5-6-14-21-16(19)12-13-17(20)22-23(18(2,3)4)15-10-8-7-9-11-15/h7-13,23H,5-6,14H2,1-4H3/b13-12-. The van der Waals surface area contributed by atoms with Gasteiger partial charge in [-0.3, -0.25) is 0 Å². The molecule has 5 heteroatoms. The van der Waals surface area contributed by atoms with Gasteiger partial charge in [-0.05, 0) is 16.6 Å². The number of carbonyl (C=O) groups is 2. The summed E-state index contributed by atoms with van der Waals surface area (Å²) in [7, 11) is -1.98. The summed E-state index contributed by atoms with van der Waals surface area (Å²) < 4.78 is 10.6. The van der Waals surface area contributed by atoms with E-state index in [2.05, 4.69) is 20.8 Å². The third-order valence-corrected chi connectivity index (χ3v) is 6.25. The van der Waals surface area contributed by atoms with E-state index in [0.29, 0.717) is 6.61 Å². The van der Waals surface area contributed by atoms with Crippen LogP contribution in [0.25, 0.3) is 0 Å². The van der Waals surface area contributed by atoms with E-state index < -0.39 is 21.0 Å². The molecule has 0 bridgehead atoms. The van der Waals surface area contributed by atoms with Crippen LogP contribution in [-0.4, -0.2) is 27.6 Å². The van der Waals surface area contributed by atoms with Gasteiger partial charge in [0.05, 0.1) is 6.61 Å². The fourth-order valence-corrected chi connectivity index (χ4v) is 4.40. The highest BCUT2D eigenvalue weighted by atomic mass is 28.3. The number of ether oxygens (including phenoxy) is 1. The zero-order valence-electron chi connectivity index (χ0n) is 14.4. The molecule has 0 aliphatic rings. The Labute approximate surface area is 140 Å². The lowest BCUT2D eigenvalue weighted by molar-refractivity contribution is -0.138.